The van der Waals surface area contributed by atoms with Gasteiger partial charge < -0.3 is 14.4 Å². The lowest BCUT2D eigenvalue weighted by Crippen LogP contribution is -2.29. The number of amides is 1. The number of hydrogen-bond donors (Lipinski definition) is 0. The van der Waals surface area contributed by atoms with Crippen LogP contribution in [0.2, 0.25) is 0 Å². The molecule has 0 unspecified atom stereocenters. The molecule has 0 saturated heterocycles. The van der Waals surface area contributed by atoms with Crippen molar-refractivity contribution in [2.24, 2.45) is 0 Å². The SMILES string of the molecule is CN(CCc1c2c(cc3c1OCC3)OCC2)C(=O)c1ccc(C(C)(C)C)cc1. The maximum absolute atomic E-state index is 12.9. The van der Waals surface area contributed by atoms with Gasteiger partial charge in [-0.05, 0) is 35.6 Å². The average Bonchev–Trinajstić information content (AvgIpc) is 3.32. The van der Waals surface area contributed by atoms with Crippen molar-refractivity contribution in [2.45, 2.75) is 45.4 Å². The zero-order valence-corrected chi connectivity index (χ0v) is 17.3. The first-order chi connectivity index (χ1) is 13.3. The number of likely N-dealkylation sites (N-methyl/N-ethyl adjacent to an activating group) is 1. The third-order valence-electron chi connectivity index (χ3n) is 5.80. The van der Waals surface area contributed by atoms with Gasteiger partial charge in [0.25, 0.3) is 5.91 Å². The number of carbonyl (C=O) groups is 1. The summed E-state index contributed by atoms with van der Waals surface area (Å²) in [6.45, 7) is 8.67. The van der Waals surface area contributed by atoms with Crippen molar-refractivity contribution < 1.29 is 14.3 Å². The molecule has 0 fully saturated rings. The zero-order valence-electron chi connectivity index (χ0n) is 17.3. The third-order valence-corrected chi connectivity index (χ3v) is 5.80. The molecule has 0 saturated carbocycles. The molecule has 2 aromatic carbocycles. The number of ether oxygens (including phenoxy) is 2. The lowest BCUT2D eigenvalue weighted by atomic mass is 9.86. The molecule has 4 rings (SSSR count). The van der Waals surface area contributed by atoms with Crippen LogP contribution in [-0.4, -0.2) is 37.6 Å². The van der Waals surface area contributed by atoms with Gasteiger partial charge in [-0.25, -0.2) is 0 Å². The van der Waals surface area contributed by atoms with Gasteiger partial charge in [0.05, 0.1) is 13.2 Å². The van der Waals surface area contributed by atoms with Gasteiger partial charge in [-0.3, -0.25) is 4.79 Å². The van der Waals surface area contributed by atoms with Crippen molar-refractivity contribution in [1.82, 2.24) is 4.90 Å². The first-order valence-electron chi connectivity index (χ1n) is 10.1. The van der Waals surface area contributed by atoms with Crippen molar-refractivity contribution in [2.75, 3.05) is 26.8 Å². The van der Waals surface area contributed by atoms with Gasteiger partial charge in [0.2, 0.25) is 0 Å². The van der Waals surface area contributed by atoms with Gasteiger partial charge in [0.1, 0.15) is 11.5 Å². The van der Waals surface area contributed by atoms with Gasteiger partial charge in [0.15, 0.2) is 0 Å². The van der Waals surface area contributed by atoms with Crippen LogP contribution in [0.3, 0.4) is 0 Å². The van der Waals surface area contributed by atoms with E-state index in [4.69, 9.17) is 9.47 Å². The van der Waals surface area contributed by atoms with E-state index in [1.165, 1.54) is 22.3 Å². The number of carbonyl (C=O) groups excluding carboxylic acids is 1. The highest BCUT2D eigenvalue weighted by atomic mass is 16.5. The molecule has 2 aliphatic rings. The summed E-state index contributed by atoms with van der Waals surface area (Å²) in [4.78, 5) is 14.7. The van der Waals surface area contributed by atoms with Crippen LogP contribution < -0.4 is 9.47 Å². The van der Waals surface area contributed by atoms with Crippen LogP contribution in [0.5, 0.6) is 11.5 Å². The summed E-state index contributed by atoms with van der Waals surface area (Å²) in [6.07, 6.45) is 2.65. The summed E-state index contributed by atoms with van der Waals surface area (Å²) >= 11 is 0. The van der Waals surface area contributed by atoms with Crippen LogP contribution in [-0.2, 0) is 24.7 Å². The fourth-order valence-electron chi connectivity index (χ4n) is 4.06. The Balaban J connectivity index is 1.48. The molecule has 2 aromatic rings. The summed E-state index contributed by atoms with van der Waals surface area (Å²) in [5.41, 5.74) is 5.78. The lowest BCUT2D eigenvalue weighted by molar-refractivity contribution is 0.0796. The highest BCUT2D eigenvalue weighted by Gasteiger charge is 2.26. The van der Waals surface area contributed by atoms with Crippen LogP contribution >= 0.6 is 0 Å². The van der Waals surface area contributed by atoms with Crippen molar-refractivity contribution in [3.8, 4) is 11.5 Å². The first-order valence-corrected chi connectivity index (χ1v) is 10.1. The van der Waals surface area contributed by atoms with Crippen LogP contribution in [0.4, 0.5) is 0 Å². The molecular weight excluding hydrogens is 350 g/mol. The molecule has 4 heteroatoms. The number of benzene rings is 2. The number of fused-ring (bicyclic) bond motifs is 2. The monoisotopic (exact) mass is 379 g/mol. The summed E-state index contributed by atoms with van der Waals surface area (Å²) in [7, 11) is 1.88. The molecule has 4 nitrogen and oxygen atoms in total. The highest BCUT2D eigenvalue weighted by molar-refractivity contribution is 5.94. The zero-order chi connectivity index (χ0) is 19.9. The van der Waals surface area contributed by atoms with Gasteiger partial charge in [0, 0.05) is 48.7 Å². The van der Waals surface area contributed by atoms with E-state index in [1.807, 2.05) is 24.1 Å². The fraction of sp³-hybridized carbons (Fsp3) is 0.458. The number of nitrogens with zero attached hydrogens (tertiary/aromatic N) is 1. The Bertz CT molecular complexity index is 861. The Morgan fingerprint density at radius 2 is 1.79 bits per heavy atom. The highest BCUT2D eigenvalue weighted by Crippen LogP contribution is 2.40. The molecule has 1 amide bonds. The largest absolute Gasteiger partial charge is 0.493 e. The molecular formula is C24H29NO3. The Morgan fingerprint density at radius 3 is 2.50 bits per heavy atom. The van der Waals surface area contributed by atoms with Crippen LogP contribution in [0, 0.1) is 0 Å². The van der Waals surface area contributed by atoms with Crippen molar-refractivity contribution >= 4 is 5.91 Å². The molecule has 28 heavy (non-hydrogen) atoms. The minimum atomic E-state index is 0.0573. The van der Waals surface area contributed by atoms with E-state index >= 15 is 0 Å². The van der Waals surface area contributed by atoms with E-state index in [2.05, 4.69) is 39.0 Å². The van der Waals surface area contributed by atoms with Crippen LogP contribution in [0.1, 0.15) is 53.4 Å². The van der Waals surface area contributed by atoms with Crippen LogP contribution in [0.15, 0.2) is 30.3 Å². The van der Waals surface area contributed by atoms with Gasteiger partial charge in [-0.2, -0.15) is 0 Å². The topological polar surface area (TPSA) is 38.8 Å². The second-order valence-electron chi connectivity index (χ2n) is 8.82. The minimum absolute atomic E-state index is 0.0573. The molecule has 0 bridgehead atoms. The summed E-state index contributed by atoms with van der Waals surface area (Å²) < 4.78 is 11.7. The van der Waals surface area contributed by atoms with E-state index in [1.54, 1.807) is 0 Å². The normalized spacial score (nSPS) is 14.9. The molecule has 2 heterocycles. The molecule has 148 valence electrons. The lowest BCUT2D eigenvalue weighted by Gasteiger charge is -2.21. The Hall–Kier alpha value is -2.49. The predicted octanol–water partition coefficient (Wildman–Crippen LogP) is 4.17. The van der Waals surface area contributed by atoms with E-state index < -0.39 is 0 Å². The Labute approximate surface area is 167 Å². The van der Waals surface area contributed by atoms with E-state index in [9.17, 15) is 4.79 Å². The molecule has 0 radical (unpaired) electrons. The van der Waals surface area contributed by atoms with E-state index in [0.717, 1.165) is 49.5 Å². The summed E-state index contributed by atoms with van der Waals surface area (Å²) in [6, 6.07) is 10.1. The van der Waals surface area contributed by atoms with Crippen molar-refractivity contribution in [3.05, 3.63) is 58.1 Å². The minimum Gasteiger partial charge on any atom is -0.493 e. The maximum Gasteiger partial charge on any atom is 0.253 e. The van der Waals surface area contributed by atoms with Crippen molar-refractivity contribution in [1.29, 1.82) is 0 Å². The maximum atomic E-state index is 12.9. The Kier molecular flexibility index (Phi) is 4.82. The standard InChI is InChI=1S/C24H29NO3/c1-24(2,3)18-7-5-16(6-8-18)23(26)25(4)12-9-20-19-11-14-27-21(19)15-17-10-13-28-22(17)20/h5-8,15H,9-14H2,1-4H3. The molecule has 0 aliphatic carbocycles. The summed E-state index contributed by atoms with van der Waals surface area (Å²) in [5, 5.41) is 0. The van der Waals surface area contributed by atoms with Gasteiger partial charge in [-0.15, -0.1) is 0 Å². The average molecular weight is 380 g/mol. The van der Waals surface area contributed by atoms with E-state index in [0.29, 0.717) is 6.54 Å². The molecule has 2 aliphatic heterocycles. The van der Waals surface area contributed by atoms with Crippen molar-refractivity contribution in [3.63, 3.8) is 0 Å². The number of rotatable bonds is 4. The summed E-state index contributed by atoms with van der Waals surface area (Å²) in [5.74, 6) is 2.09. The molecule has 0 aromatic heterocycles. The Morgan fingerprint density at radius 1 is 1.07 bits per heavy atom. The number of hydrogen-bond acceptors (Lipinski definition) is 3. The fourth-order valence-corrected chi connectivity index (χ4v) is 4.06. The van der Waals surface area contributed by atoms with Gasteiger partial charge >= 0.3 is 0 Å². The predicted molar refractivity (Wildman–Crippen MR) is 111 cm³/mol. The van der Waals surface area contributed by atoms with E-state index in [-0.39, 0.29) is 11.3 Å². The molecule has 0 atom stereocenters. The van der Waals surface area contributed by atoms with Crippen LogP contribution in [0.25, 0.3) is 0 Å². The van der Waals surface area contributed by atoms with Gasteiger partial charge in [-0.1, -0.05) is 32.9 Å². The second kappa shape index (κ2) is 7.16. The molecule has 0 spiro atoms. The first kappa shape index (κ1) is 18.9. The third kappa shape index (κ3) is 3.48. The molecule has 0 N–H and O–H groups in total. The smallest absolute Gasteiger partial charge is 0.253 e. The quantitative estimate of drug-likeness (QED) is 0.800. The second-order valence-corrected chi connectivity index (χ2v) is 8.82.